The molecule has 8 nitrogen and oxygen atoms in total. The minimum absolute atomic E-state index is 0. The van der Waals surface area contributed by atoms with Crippen molar-refractivity contribution in [2.75, 3.05) is 26.9 Å². The summed E-state index contributed by atoms with van der Waals surface area (Å²) in [5.41, 5.74) is 0. The Hall–Kier alpha value is -3.22. The Labute approximate surface area is 241 Å². The Kier molecular flexibility index (Phi) is 69.2. The van der Waals surface area contributed by atoms with Gasteiger partial charge >= 0.3 is 0 Å². The molecule has 9 heteroatoms. The van der Waals surface area contributed by atoms with E-state index in [-0.39, 0.29) is 51.2 Å². The Morgan fingerprint density at radius 3 is 1.21 bits per heavy atom. The van der Waals surface area contributed by atoms with E-state index >= 15 is 0 Å². The molecule has 0 saturated heterocycles. The van der Waals surface area contributed by atoms with Gasteiger partial charge in [-0.1, -0.05) is 54.5 Å². The van der Waals surface area contributed by atoms with Gasteiger partial charge < -0.3 is 9.69 Å². The lowest BCUT2D eigenvalue weighted by atomic mass is 10.4. The molecule has 0 aliphatic rings. The SMILES string of the molecule is C.C.C.C#CC(C)=O.C/C=C/C(C)=O.C=CC(C)=O.C=CS(C)(=O)=O.CC(=O)/C=C/CN(C)C.CCC(C)=O. The summed E-state index contributed by atoms with van der Waals surface area (Å²) in [4.78, 5) is 51.4. The first-order valence-corrected chi connectivity index (χ1v) is 12.6. The Balaban J connectivity index is -0.0000000395. The van der Waals surface area contributed by atoms with E-state index in [1.165, 1.54) is 32.9 Å². The number of ketones is 5. The number of nitrogens with zero attached hydrogens (tertiary/aromatic N) is 1. The monoisotopic (exact) mass is 575 g/mol. The summed E-state index contributed by atoms with van der Waals surface area (Å²) in [6.45, 7) is 18.2. The van der Waals surface area contributed by atoms with Gasteiger partial charge in [-0.25, -0.2) is 8.42 Å². The van der Waals surface area contributed by atoms with Crippen molar-refractivity contribution in [3.8, 4) is 12.3 Å². The van der Waals surface area contributed by atoms with Crippen molar-refractivity contribution < 1.29 is 32.4 Å². The average molecular weight is 576 g/mol. The van der Waals surface area contributed by atoms with Crippen molar-refractivity contribution in [3.63, 3.8) is 0 Å². The van der Waals surface area contributed by atoms with Crippen LogP contribution in [0, 0.1) is 12.3 Å². The van der Waals surface area contributed by atoms with Gasteiger partial charge in [0.2, 0.25) is 5.78 Å². The highest BCUT2D eigenvalue weighted by molar-refractivity contribution is 7.93. The van der Waals surface area contributed by atoms with Gasteiger partial charge in [0, 0.05) is 31.6 Å². The largest absolute Gasteiger partial charge is 0.306 e. The van der Waals surface area contributed by atoms with Gasteiger partial charge in [-0.2, -0.15) is 0 Å². The summed E-state index contributed by atoms with van der Waals surface area (Å²) in [5.74, 6) is 2.16. The van der Waals surface area contributed by atoms with Crippen LogP contribution in [0.5, 0.6) is 0 Å². The number of hydrogen-bond donors (Lipinski definition) is 0. The van der Waals surface area contributed by atoms with Crippen molar-refractivity contribution in [3.05, 3.63) is 48.9 Å². The molecule has 230 valence electrons. The second-order valence-corrected chi connectivity index (χ2v) is 8.95. The number of allylic oxidation sites excluding steroid dienone is 4. The van der Waals surface area contributed by atoms with Crippen LogP contribution in [0.15, 0.2) is 48.9 Å². The molecule has 0 aliphatic carbocycles. The smallest absolute Gasteiger partial charge is 0.202 e. The zero-order valence-electron chi connectivity index (χ0n) is 23.6. The van der Waals surface area contributed by atoms with Crippen molar-refractivity contribution in [2.45, 2.75) is 77.2 Å². The maximum Gasteiger partial charge on any atom is 0.202 e. The third kappa shape index (κ3) is 171. The highest BCUT2D eigenvalue weighted by Gasteiger charge is 1.85. The predicted molar refractivity (Wildman–Crippen MR) is 170 cm³/mol. The Morgan fingerprint density at radius 2 is 1.13 bits per heavy atom. The summed E-state index contributed by atoms with van der Waals surface area (Å²) in [5, 5.41) is 0.910. The molecule has 39 heavy (non-hydrogen) atoms. The molecule has 0 amide bonds. The van der Waals surface area contributed by atoms with Crippen LogP contribution >= 0.6 is 0 Å². The molecule has 0 unspecified atom stereocenters. The fourth-order valence-electron chi connectivity index (χ4n) is 0.664. The third-order valence-corrected chi connectivity index (χ3v) is 3.12. The number of carbonyl (C=O) groups excluding carboxylic acids is 5. The number of hydrogen-bond acceptors (Lipinski definition) is 8. The first-order valence-electron chi connectivity index (χ1n) is 10.6. The van der Waals surface area contributed by atoms with Crippen LogP contribution in [-0.4, -0.2) is 69.1 Å². The molecular weight excluding hydrogens is 518 g/mol. The normalized spacial score (nSPS) is 8.26. The summed E-state index contributed by atoms with van der Waals surface area (Å²) in [6.07, 6.45) is 14.3. The third-order valence-electron chi connectivity index (χ3n) is 2.52. The minimum Gasteiger partial charge on any atom is -0.306 e. The van der Waals surface area contributed by atoms with E-state index < -0.39 is 9.84 Å². The maximum absolute atomic E-state index is 10.3. The molecule has 0 bridgehead atoms. The van der Waals surface area contributed by atoms with Gasteiger partial charge in [0.15, 0.2) is 27.2 Å². The zero-order chi connectivity index (χ0) is 30.3. The van der Waals surface area contributed by atoms with Gasteiger partial charge in [0.05, 0.1) is 0 Å². The molecule has 0 radical (unpaired) electrons. The van der Waals surface area contributed by atoms with E-state index in [0.717, 1.165) is 18.2 Å². The molecule has 0 aliphatic heterocycles. The molecule has 0 rings (SSSR count). The average Bonchev–Trinajstić information content (AvgIpc) is 2.74. The van der Waals surface area contributed by atoms with Gasteiger partial charge in [-0.15, -0.1) is 6.42 Å². The second kappa shape index (κ2) is 44.8. The van der Waals surface area contributed by atoms with E-state index in [9.17, 15) is 32.4 Å². The second-order valence-electron chi connectivity index (χ2n) is 6.95. The number of Topliss-reactive ketones (excluding diaryl/α,β-unsaturated/α-hetero) is 2. The number of carbonyl (C=O) groups is 5. The zero-order valence-corrected chi connectivity index (χ0v) is 24.4. The molecule has 0 aromatic heterocycles. The molecule has 0 spiro atoms. The summed E-state index contributed by atoms with van der Waals surface area (Å²) in [7, 11) is 1.03. The lowest BCUT2D eigenvalue weighted by Gasteiger charge is -2.02. The van der Waals surface area contributed by atoms with Crippen LogP contribution in [0.1, 0.15) is 77.2 Å². The Morgan fingerprint density at radius 1 is 0.846 bits per heavy atom. The molecule has 0 heterocycles. The van der Waals surface area contributed by atoms with Crippen LogP contribution in [0.4, 0.5) is 0 Å². The Bertz CT molecular complexity index is 847. The lowest BCUT2D eigenvalue weighted by Crippen LogP contribution is -2.10. The fraction of sp³-hybridized carbons (Fsp3) is 0.500. The van der Waals surface area contributed by atoms with Crippen molar-refractivity contribution in [1.82, 2.24) is 4.90 Å². The van der Waals surface area contributed by atoms with E-state index in [2.05, 4.69) is 19.6 Å². The van der Waals surface area contributed by atoms with Gasteiger partial charge in [0.1, 0.15) is 5.78 Å². The van der Waals surface area contributed by atoms with Crippen molar-refractivity contribution in [2.24, 2.45) is 0 Å². The van der Waals surface area contributed by atoms with E-state index in [1.807, 2.05) is 44.8 Å². The van der Waals surface area contributed by atoms with E-state index in [1.54, 1.807) is 26.0 Å². The quantitative estimate of drug-likeness (QED) is 0.209. The first-order chi connectivity index (χ1) is 16.3. The van der Waals surface area contributed by atoms with Gasteiger partial charge in [0.25, 0.3) is 0 Å². The molecule has 0 fully saturated rings. The van der Waals surface area contributed by atoms with Crippen LogP contribution < -0.4 is 0 Å². The highest BCUT2D eigenvalue weighted by atomic mass is 32.2. The van der Waals surface area contributed by atoms with Gasteiger partial charge in [-0.05, 0) is 72.9 Å². The summed E-state index contributed by atoms with van der Waals surface area (Å²) >= 11 is 0. The number of rotatable bonds is 7. The molecule has 0 saturated carbocycles. The topological polar surface area (TPSA) is 123 Å². The van der Waals surface area contributed by atoms with Gasteiger partial charge in [-0.3, -0.25) is 19.2 Å². The van der Waals surface area contributed by atoms with Crippen LogP contribution in [-0.2, 0) is 33.8 Å². The minimum atomic E-state index is -2.90. The summed E-state index contributed by atoms with van der Waals surface area (Å²) < 4.78 is 19.8. The van der Waals surface area contributed by atoms with E-state index in [4.69, 9.17) is 0 Å². The number of likely N-dealkylation sites (N-methyl/N-ethyl adjacent to an activating group) is 1. The maximum atomic E-state index is 10.3. The van der Waals surface area contributed by atoms with Crippen LogP contribution in [0.25, 0.3) is 0 Å². The fourth-order valence-corrected chi connectivity index (χ4v) is 0.664. The highest BCUT2D eigenvalue weighted by Crippen LogP contribution is 1.78. The van der Waals surface area contributed by atoms with Crippen LogP contribution in [0.2, 0.25) is 0 Å². The molecular formula is C30H57NO7S. The standard InChI is InChI=1S/C7H13NO.C5H8O.C4H8O.C4H6O.C4H4O.C3H6O2S.3CH4/c1-7(9)5-4-6-8(2)3;1-3-4-5(2)6;3*1-3-4(2)5;1-3-6(2,4)5;;;/h4-5H,6H2,1-3H3;3-4H,1-2H3;3H2,1-2H3;3H,1H2,2H3;1H,2H3;3H,1H2,2H3;3*1H4/b5-4+;4-3+;;;;;;;. The number of sulfone groups is 1. The molecule has 0 aromatic rings. The molecule has 0 atom stereocenters. The van der Waals surface area contributed by atoms with Crippen molar-refractivity contribution >= 4 is 38.8 Å². The van der Waals surface area contributed by atoms with Crippen molar-refractivity contribution in [1.29, 1.82) is 0 Å². The number of terminal acetylenes is 1. The summed E-state index contributed by atoms with van der Waals surface area (Å²) in [6, 6.07) is 0. The predicted octanol–water partition coefficient (Wildman–Crippen LogP) is 5.88. The first kappa shape index (κ1) is 60.4. The van der Waals surface area contributed by atoms with E-state index in [0.29, 0.717) is 6.42 Å². The van der Waals surface area contributed by atoms with Crippen LogP contribution in [0.3, 0.4) is 0 Å². The molecule has 0 aromatic carbocycles. The lowest BCUT2D eigenvalue weighted by molar-refractivity contribution is -0.117. The molecule has 0 N–H and O–H groups in total.